The maximum absolute atomic E-state index is 10.8. The van der Waals surface area contributed by atoms with Crippen molar-refractivity contribution >= 4 is 11.6 Å². The number of rotatable bonds is 2. The normalized spacial score (nSPS) is 17.0. The molecule has 0 aromatic carbocycles. The number of carbonyl (C=O) groups is 2. The molecule has 0 amide bonds. The smallest absolute Gasteiger partial charge is 0.225 e. The Balaban J connectivity index is 2.72. The highest BCUT2D eigenvalue weighted by molar-refractivity contribution is 6.46. The second kappa shape index (κ2) is 3.25. The molecule has 0 aromatic rings. The molecule has 3 nitrogen and oxygen atoms in total. The molecule has 0 heterocycles. The molecule has 0 spiro atoms. The molecule has 0 radical (unpaired) electrons. The Labute approximate surface area is 64.6 Å². The number of hydrogen-bond acceptors (Lipinski definition) is 2. The summed E-state index contributed by atoms with van der Waals surface area (Å²) < 4.78 is 0. The first kappa shape index (κ1) is 7.88. The Bertz CT molecular complexity index is 251. The summed E-state index contributed by atoms with van der Waals surface area (Å²) in [6.07, 6.45) is 5.13. The molecule has 0 bridgehead atoms. The van der Waals surface area contributed by atoms with Gasteiger partial charge in [0.15, 0.2) is 0 Å². The topological polar surface area (TPSA) is 61.8 Å². The summed E-state index contributed by atoms with van der Waals surface area (Å²) in [4.78, 5) is 21.4. The Hall–Kier alpha value is -1.22. The zero-order valence-corrected chi connectivity index (χ0v) is 6.17. The molecule has 1 aliphatic rings. The highest BCUT2D eigenvalue weighted by Crippen LogP contribution is 2.07. The first-order valence-corrected chi connectivity index (χ1v) is 3.50. The molecular weight excluding hydrogens is 142 g/mol. The molecule has 58 valence electrons. The van der Waals surface area contributed by atoms with E-state index in [1.807, 2.05) is 0 Å². The lowest BCUT2D eigenvalue weighted by molar-refractivity contribution is -0.366. The van der Waals surface area contributed by atoms with Crippen molar-refractivity contribution in [3.63, 3.8) is 0 Å². The monoisotopic (exact) mass is 152 g/mol. The van der Waals surface area contributed by atoms with Crippen LogP contribution in [0.4, 0.5) is 0 Å². The first-order valence-electron chi connectivity index (χ1n) is 3.50. The van der Waals surface area contributed by atoms with Gasteiger partial charge in [-0.25, -0.2) is 0 Å². The van der Waals surface area contributed by atoms with Crippen molar-refractivity contribution in [2.24, 2.45) is 0 Å². The summed E-state index contributed by atoms with van der Waals surface area (Å²) in [6, 6.07) is 0. The van der Waals surface area contributed by atoms with E-state index < -0.39 is 11.6 Å². The highest BCUT2D eigenvalue weighted by atomic mass is 16.2. The van der Waals surface area contributed by atoms with Gasteiger partial charge in [-0.1, -0.05) is 6.08 Å². The summed E-state index contributed by atoms with van der Waals surface area (Å²) in [7, 11) is 0. The molecule has 0 atom stereocenters. The number of quaternary nitrogens is 1. The van der Waals surface area contributed by atoms with E-state index in [0.717, 1.165) is 18.5 Å². The number of ketones is 2. The molecule has 0 fully saturated rings. The largest absolute Gasteiger partial charge is 0.357 e. The van der Waals surface area contributed by atoms with Gasteiger partial charge in [-0.2, -0.15) is 0 Å². The average Bonchev–Trinajstić information content (AvgIpc) is 1.98. The molecule has 1 rings (SSSR count). The summed E-state index contributed by atoms with van der Waals surface area (Å²) in [6.45, 7) is 0.748. The Morgan fingerprint density at radius 3 is 2.45 bits per heavy atom. The molecular formula is C8H10NO2+. The quantitative estimate of drug-likeness (QED) is 0.418. The van der Waals surface area contributed by atoms with Gasteiger partial charge in [-0.15, -0.1) is 0 Å². The van der Waals surface area contributed by atoms with Crippen molar-refractivity contribution in [3.8, 4) is 0 Å². The fraction of sp³-hybridized carbons (Fsp3) is 0.250. The lowest BCUT2D eigenvalue weighted by atomic mass is 10.0. The van der Waals surface area contributed by atoms with E-state index in [0.29, 0.717) is 0 Å². The number of carbonyl (C=O) groups excluding carboxylic acids is 2. The SMILES string of the molecule is [NH3+]CCC1=CC(=O)C(=O)C=C1. The number of hydrogen-bond donors (Lipinski definition) is 1. The summed E-state index contributed by atoms with van der Waals surface area (Å²) in [5, 5.41) is 0. The Kier molecular flexibility index (Phi) is 2.33. The molecule has 0 saturated carbocycles. The minimum Gasteiger partial charge on any atom is -0.357 e. The molecule has 1 aliphatic carbocycles. The van der Waals surface area contributed by atoms with Gasteiger partial charge in [0, 0.05) is 6.42 Å². The molecule has 0 aromatic heterocycles. The standard InChI is InChI=1S/C8H9NO2/c9-4-3-6-1-2-7(10)8(11)5-6/h1-2,5H,3-4,9H2/p+1. The minimum absolute atomic E-state index is 0.420. The molecule has 0 saturated heterocycles. The van der Waals surface area contributed by atoms with Gasteiger partial charge in [0.2, 0.25) is 11.6 Å². The molecule has 3 heteroatoms. The minimum atomic E-state index is -0.433. The molecule has 0 unspecified atom stereocenters. The molecule has 0 aliphatic heterocycles. The predicted molar refractivity (Wildman–Crippen MR) is 39.6 cm³/mol. The van der Waals surface area contributed by atoms with Crippen molar-refractivity contribution in [1.82, 2.24) is 0 Å². The third kappa shape index (κ3) is 1.85. The molecule has 11 heavy (non-hydrogen) atoms. The Morgan fingerprint density at radius 2 is 1.91 bits per heavy atom. The highest BCUT2D eigenvalue weighted by Gasteiger charge is 2.12. The fourth-order valence-electron chi connectivity index (χ4n) is 0.912. The second-order valence-corrected chi connectivity index (χ2v) is 2.38. The van der Waals surface area contributed by atoms with Gasteiger partial charge >= 0.3 is 0 Å². The van der Waals surface area contributed by atoms with Crippen LogP contribution in [-0.2, 0) is 9.59 Å². The lowest BCUT2D eigenvalue weighted by Crippen LogP contribution is -2.50. The fourth-order valence-corrected chi connectivity index (χ4v) is 0.912. The van der Waals surface area contributed by atoms with E-state index in [2.05, 4.69) is 5.73 Å². The van der Waals surface area contributed by atoms with Gasteiger partial charge in [0.05, 0.1) is 6.54 Å². The van der Waals surface area contributed by atoms with Crippen LogP contribution in [0.2, 0.25) is 0 Å². The van der Waals surface area contributed by atoms with Crippen molar-refractivity contribution in [1.29, 1.82) is 0 Å². The maximum atomic E-state index is 10.8. The third-order valence-corrected chi connectivity index (χ3v) is 1.47. The predicted octanol–water partition coefficient (Wildman–Crippen LogP) is -0.747. The lowest BCUT2D eigenvalue weighted by Gasteiger charge is -2.01. The van der Waals surface area contributed by atoms with Gasteiger partial charge in [-0.3, -0.25) is 9.59 Å². The maximum Gasteiger partial charge on any atom is 0.225 e. The van der Waals surface area contributed by atoms with Crippen molar-refractivity contribution in [3.05, 3.63) is 23.8 Å². The van der Waals surface area contributed by atoms with Crippen LogP contribution in [0.25, 0.3) is 0 Å². The van der Waals surface area contributed by atoms with Crippen LogP contribution >= 0.6 is 0 Å². The van der Waals surface area contributed by atoms with Crippen LogP contribution in [-0.4, -0.2) is 18.1 Å². The first-order chi connectivity index (χ1) is 5.24. The van der Waals surface area contributed by atoms with E-state index in [1.165, 1.54) is 12.2 Å². The van der Waals surface area contributed by atoms with Gasteiger partial charge in [0.25, 0.3) is 0 Å². The van der Waals surface area contributed by atoms with Gasteiger partial charge in [0.1, 0.15) is 0 Å². The van der Waals surface area contributed by atoms with Crippen molar-refractivity contribution in [2.45, 2.75) is 6.42 Å². The average molecular weight is 152 g/mol. The van der Waals surface area contributed by atoms with Crippen LogP contribution in [0, 0.1) is 0 Å². The van der Waals surface area contributed by atoms with Gasteiger partial charge in [-0.05, 0) is 17.7 Å². The number of allylic oxidation sites excluding steroid dienone is 3. The van der Waals surface area contributed by atoms with Crippen molar-refractivity contribution < 1.29 is 15.3 Å². The second-order valence-electron chi connectivity index (χ2n) is 2.38. The van der Waals surface area contributed by atoms with Crippen LogP contribution in [0.3, 0.4) is 0 Å². The van der Waals surface area contributed by atoms with Gasteiger partial charge < -0.3 is 5.73 Å². The zero-order chi connectivity index (χ0) is 8.27. The summed E-state index contributed by atoms with van der Waals surface area (Å²) in [5.74, 6) is -0.853. The van der Waals surface area contributed by atoms with Crippen LogP contribution in [0.5, 0.6) is 0 Å². The van der Waals surface area contributed by atoms with E-state index in [1.54, 1.807) is 6.08 Å². The summed E-state index contributed by atoms with van der Waals surface area (Å²) >= 11 is 0. The van der Waals surface area contributed by atoms with E-state index in [9.17, 15) is 9.59 Å². The van der Waals surface area contributed by atoms with E-state index >= 15 is 0 Å². The van der Waals surface area contributed by atoms with E-state index in [4.69, 9.17) is 0 Å². The third-order valence-electron chi connectivity index (χ3n) is 1.47. The van der Waals surface area contributed by atoms with E-state index in [-0.39, 0.29) is 0 Å². The summed E-state index contributed by atoms with van der Waals surface area (Å²) in [5.41, 5.74) is 4.55. The Morgan fingerprint density at radius 1 is 1.18 bits per heavy atom. The van der Waals surface area contributed by atoms with Crippen LogP contribution in [0.15, 0.2) is 23.8 Å². The van der Waals surface area contributed by atoms with Crippen molar-refractivity contribution in [2.75, 3.05) is 6.54 Å². The molecule has 3 N–H and O–H groups in total. The van der Waals surface area contributed by atoms with Crippen LogP contribution in [0.1, 0.15) is 6.42 Å². The van der Waals surface area contributed by atoms with Crippen LogP contribution < -0.4 is 5.73 Å². The zero-order valence-electron chi connectivity index (χ0n) is 6.17.